The van der Waals surface area contributed by atoms with Gasteiger partial charge in [0.2, 0.25) is 0 Å². The average molecular weight is 242 g/mol. The van der Waals surface area contributed by atoms with Crippen LogP contribution < -0.4 is 0 Å². The zero-order chi connectivity index (χ0) is 13.3. The molecule has 0 aliphatic heterocycles. The summed E-state index contributed by atoms with van der Waals surface area (Å²) in [5.41, 5.74) is 0. The van der Waals surface area contributed by atoms with Gasteiger partial charge < -0.3 is 9.47 Å². The fraction of sp³-hybridized carbons (Fsp3) is 0.583. The van der Waals surface area contributed by atoms with E-state index >= 15 is 0 Å². The zero-order valence-corrected chi connectivity index (χ0v) is 10.2. The summed E-state index contributed by atoms with van der Waals surface area (Å²) in [4.78, 5) is 33.1. The lowest BCUT2D eigenvalue weighted by Gasteiger charge is -2.08. The van der Waals surface area contributed by atoms with Crippen LogP contribution in [-0.4, -0.2) is 24.5 Å². The van der Waals surface area contributed by atoms with Crippen LogP contribution in [0.4, 0.5) is 0 Å². The molecule has 0 saturated heterocycles. The minimum Gasteiger partial charge on any atom is -0.466 e. The molecule has 0 aliphatic carbocycles. The molecule has 0 radical (unpaired) electrons. The van der Waals surface area contributed by atoms with Gasteiger partial charge in [0.05, 0.1) is 12.5 Å². The first-order valence-electron chi connectivity index (χ1n) is 5.55. The summed E-state index contributed by atoms with van der Waals surface area (Å²) in [6, 6.07) is 0. The monoisotopic (exact) mass is 242 g/mol. The van der Waals surface area contributed by atoms with Gasteiger partial charge in [-0.15, -0.1) is 0 Å². The van der Waals surface area contributed by atoms with Crippen LogP contribution in [0, 0.1) is 5.92 Å². The van der Waals surface area contributed by atoms with E-state index in [0.717, 1.165) is 6.08 Å². The fourth-order valence-corrected chi connectivity index (χ4v) is 1.14. The number of carbonyl (C=O) groups excluding carboxylic acids is 3. The number of esters is 3. The van der Waals surface area contributed by atoms with E-state index in [1.807, 2.05) is 0 Å². The molecule has 5 nitrogen and oxygen atoms in total. The summed E-state index contributed by atoms with van der Waals surface area (Å²) in [5, 5.41) is 0. The number of rotatable bonds is 7. The molecule has 0 amide bonds. The van der Waals surface area contributed by atoms with Crippen LogP contribution in [0.1, 0.15) is 33.1 Å². The molecule has 0 aliphatic rings. The molecule has 0 aromatic heterocycles. The Morgan fingerprint density at radius 1 is 1.35 bits per heavy atom. The molecule has 0 aromatic carbocycles. The van der Waals surface area contributed by atoms with E-state index in [1.165, 1.54) is 0 Å². The van der Waals surface area contributed by atoms with E-state index < -0.39 is 17.9 Å². The molecule has 0 aromatic rings. The van der Waals surface area contributed by atoms with Crippen LogP contribution in [0.3, 0.4) is 0 Å². The summed E-state index contributed by atoms with van der Waals surface area (Å²) in [6.45, 7) is 6.92. The molecule has 1 atom stereocenters. The van der Waals surface area contributed by atoms with Crippen LogP contribution in [0.5, 0.6) is 0 Å². The van der Waals surface area contributed by atoms with E-state index in [1.54, 1.807) is 13.8 Å². The zero-order valence-electron chi connectivity index (χ0n) is 10.2. The first-order valence-corrected chi connectivity index (χ1v) is 5.55. The molecule has 0 heterocycles. The lowest BCUT2D eigenvalue weighted by molar-refractivity contribution is -0.159. The van der Waals surface area contributed by atoms with Crippen molar-refractivity contribution in [3.05, 3.63) is 12.7 Å². The Morgan fingerprint density at radius 2 is 2.00 bits per heavy atom. The van der Waals surface area contributed by atoms with Gasteiger partial charge in [0.15, 0.2) is 0 Å². The second-order valence-electron chi connectivity index (χ2n) is 3.54. The Kier molecular flexibility index (Phi) is 7.67. The van der Waals surface area contributed by atoms with Crippen molar-refractivity contribution >= 4 is 17.9 Å². The summed E-state index contributed by atoms with van der Waals surface area (Å²) < 4.78 is 9.20. The van der Waals surface area contributed by atoms with Crippen LogP contribution in [0.15, 0.2) is 12.7 Å². The maximum Gasteiger partial charge on any atom is 0.337 e. The number of hydrogen-bond acceptors (Lipinski definition) is 5. The molecule has 0 saturated carbocycles. The topological polar surface area (TPSA) is 69.7 Å². The molecule has 0 fully saturated rings. The van der Waals surface area contributed by atoms with E-state index in [9.17, 15) is 14.4 Å². The van der Waals surface area contributed by atoms with Crippen molar-refractivity contribution in [1.29, 1.82) is 0 Å². The van der Waals surface area contributed by atoms with E-state index in [4.69, 9.17) is 4.74 Å². The number of carbonyl (C=O) groups is 3. The highest BCUT2D eigenvalue weighted by molar-refractivity contribution is 5.92. The maximum absolute atomic E-state index is 11.3. The highest BCUT2D eigenvalue weighted by atomic mass is 16.6. The smallest absolute Gasteiger partial charge is 0.337 e. The van der Waals surface area contributed by atoms with E-state index in [0.29, 0.717) is 19.4 Å². The van der Waals surface area contributed by atoms with Crippen LogP contribution in [0.25, 0.3) is 0 Å². The third-order valence-corrected chi connectivity index (χ3v) is 2.09. The summed E-state index contributed by atoms with van der Waals surface area (Å²) in [5.74, 6) is -2.06. The van der Waals surface area contributed by atoms with E-state index in [2.05, 4.69) is 11.3 Å². The highest BCUT2D eigenvalue weighted by Gasteiger charge is 2.17. The van der Waals surface area contributed by atoms with Gasteiger partial charge in [0, 0.05) is 12.5 Å². The molecular weight excluding hydrogens is 224 g/mol. The average Bonchev–Trinajstić information content (AvgIpc) is 2.28. The van der Waals surface area contributed by atoms with Gasteiger partial charge in [-0.3, -0.25) is 9.59 Å². The van der Waals surface area contributed by atoms with Gasteiger partial charge in [-0.1, -0.05) is 13.5 Å². The van der Waals surface area contributed by atoms with Crippen molar-refractivity contribution in [3.8, 4) is 0 Å². The second kappa shape index (κ2) is 8.50. The van der Waals surface area contributed by atoms with Gasteiger partial charge >= 0.3 is 17.9 Å². The van der Waals surface area contributed by atoms with Crippen molar-refractivity contribution in [2.75, 3.05) is 6.61 Å². The Hall–Kier alpha value is -1.65. The predicted molar refractivity (Wildman–Crippen MR) is 60.9 cm³/mol. The lowest BCUT2D eigenvalue weighted by Crippen LogP contribution is -2.18. The molecule has 0 rings (SSSR count). The Morgan fingerprint density at radius 3 is 2.53 bits per heavy atom. The Bertz CT molecular complexity index is 295. The first kappa shape index (κ1) is 15.3. The van der Waals surface area contributed by atoms with Gasteiger partial charge in [0.1, 0.15) is 0 Å². The quantitative estimate of drug-likeness (QED) is 0.385. The third kappa shape index (κ3) is 7.27. The third-order valence-electron chi connectivity index (χ3n) is 2.09. The van der Waals surface area contributed by atoms with Gasteiger partial charge in [0.25, 0.3) is 0 Å². The largest absolute Gasteiger partial charge is 0.466 e. The molecular formula is C12H18O5. The summed E-state index contributed by atoms with van der Waals surface area (Å²) in [6.07, 6.45) is 2.20. The van der Waals surface area contributed by atoms with Gasteiger partial charge in [-0.25, -0.2) is 4.79 Å². The van der Waals surface area contributed by atoms with Crippen LogP contribution in [0.2, 0.25) is 0 Å². The molecule has 17 heavy (non-hydrogen) atoms. The van der Waals surface area contributed by atoms with Crippen molar-refractivity contribution in [2.45, 2.75) is 33.1 Å². The standard InChI is InChI=1S/C12H18O5/c1-4-10(13)17-12(15)9(3)7-6-8-11(14)16-5-2/h4,9H,1,5-8H2,2-3H3. The minimum atomic E-state index is -0.757. The molecule has 5 heteroatoms. The van der Waals surface area contributed by atoms with Crippen LogP contribution >= 0.6 is 0 Å². The van der Waals surface area contributed by atoms with Gasteiger partial charge in [-0.2, -0.15) is 0 Å². The first-order chi connectivity index (χ1) is 8.01. The lowest BCUT2D eigenvalue weighted by atomic mass is 10.0. The number of hydrogen-bond donors (Lipinski definition) is 0. The van der Waals surface area contributed by atoms with Gasteiger partial charge in [-0.05, 0) is 19.8 Å². The Balaban J connectivity index is 3.81. The van der Waals surface area contributed by atoms with Crippen LogP contribution in [-0.2, 0) is 23.9 Å². The Labute approximate surface area is 101 Å². The molecule has 0 bridgehead atoms. The molecule has 1 unspecified atom stereocenters. The highest BCUT2D eigenvalue weighted by Crippen LogP contribution is 2.10. The fourth-order valence-electron chi connectivity index (χ4n) is 1.14. The van der Waals surface area contributed by atoms with Crippen molar-refractivity contribution < 1.29 is 23.9 Å². The second-order valence-corrected chi connectivity index (χ2v) is 3.54. The van der Waals surface area contributed by atoms with Crippen molar-refractivity contribution in [1.82, 2.24) is 0 Å². The van der Waals surface area contributed by atoms with E-state index in [-0.39, 0.29) is 12.4 Å². The van der Waals surface area contributed by atoms with Crippen molar-refractivity contribution in [2.24, 2.45) is 5.92 Å². The predicted octanol–water partition coefficient (Wildman–Crippen LogP) is 1.61. The molecule has 0 N–H and O–H groups in total. The minimum absolute atomic E-state index is 0.265. The van der Waals surface area contributed by atoms with Crippen molar-refractivity contribution in [3.63, 3.8) is 0 Å². The molecule has 96 valence electrons. The maximum atomic E-state index is 11.3. The number of ether oxygens (including phenoxy) is 2. The SMILES string of the molecule is C=CC(=O)OC(=O)C(C)CCCC(=O)OCC. The molecule has 0 spiro atoms. The summed E-state index contributed by atoms with van der Waals surface area (Å²) >= 11 is 0. The normalized spacial score (nSPS) is 11.4. The summed E-state index contributed by atoms with van der Waals surface area (Å²) in [7, 11) is 0.